The molecule has 4 heteroatoms. The minimum absolute atomic E-state index is 0.0224. The van der Waals surface area contributed by atoms with Gasteiger partial charge in [0.25, 0.3) is 0 Å². The largest absolute Gasteiger partial charge is 0.481 e. The molecule has 1 atom stereocenters. The molecule has 0 bridgehead atoms. The first kappa shape index (κ1) is 9.17. The second-order valence-corrected chi connectivity index (χ2v) is 3.51. The van der Waals surface area contributed by atoms with E-state index in [-0.39, 0.29) is 16.9 Å². The highest BCUT2D eigenvalue weighted by molar-refractivity contribution is 7.99. The summed E-state index contributed by atoms with van der Waals surface area (Å²) in [5, 5.41) is 8.26. The minimum atomic E-state index is -0.796. The van der Waals surface area contributed by atoms with Crippen molar-refractivity contribution >= 4 is 31.2 Å². The summed E-state index contributed by atoms with van der Waals surface area (Å²) in [6.07, 6.45) is 0.137. The lowest BCUT2D eigenvalue weighted by molar-refractivity contribution is -0.137. The summed E-state index contributed by atoms with van der Waals surface area (Å²) in [5.41, 5.74) is 0. The number of aliphatic carboxylic acids is 1. The summed E-state index contributed by atoms with van der Waals surface area (Å²) in [5.74, 6) is -0.773. The SMILES string of the molecule is CC(CC(=O)O)C(S)S. The quantitative estimate of drug-likeness (QED) is 0.436. The third-order valence-corrected chi connectivity index (χ3v) is 2.02. The molecule has 0 aliphatic heterocycles. The molecule has 0 amide bonds. The molecule has 0 saturated carbocycles. The van der Waals surface area contributed by atoms with Crippen LogP contribution in [0.5, 0.6) is 0 Å². The van der Waals surface area contributed by atoms with E-state index in [9.17, 15) is 4.79 Å². The lowest BCUT2D eigenvalue weighted by Crippen LogP contribution is -2.10. The molecule has 0 heterocycles. The van der Waals surface area contributed by atoms with Crippen molar-refractivity contribution < 1.29 is 9.90 Å². The van der Waals surface area contributed by atoms with Gasteiger partial charge in [-0.2, -0.15) is 25.3 Å². The van der Waals surface area contributed by atoms with Crippen LogP contribution in [0.2, 0.25) is 0 Å². The molecule has 9 heavy (non-hydrogen) atoms. The van der Waals surface area contributed by atoms with Crippen molar-refractivity contribution in [2.75, 3.05) is 0 Å². The maximum Gasteiger partial charge on any atom is 0.303 e. The highest BCUT2D eigenvalue weighted by Crippen LogP contribution is 2.16. The van der Waals surface area contributed by atoms with Crippen molar-refractivity contribution in [3.05, 3.63) is 0 Å². The Balaban J connectivity index is 3.50. The maximum absolute atomic E-state index is 10.0. The molecule has 0 fully saturated rings. The molecule has 1 unspecified atom stereocenters. The van der Waals surface area contributed by atoms with Crippen molar-refractivity contribution in [3.63, 3.8) is 0 Å². The summed E-state index contributed by atoms with van der Waals surface area (Å²) in [6.45, 7) is 1.80. The van der Waals surface area contributed by atoms with E-state index in [1.54, 1.807) is 6.92 Å². The normalized spacial score (nSPS) is 13.8. The van der Waals surface area contributed by atoms with E-state index in [2.05, 4.69) is 25.3 Å². The van der Waals surface area contributed by atoms with Gasteiger partial charge in [0.2, 0.25) is 0 Å². The second kappa shape index (κ2) is 4.06. The van der Waals surface area contributed by atoms with Crippen LogP contribution in [0.3, 0.4) is 0 Å². The Morgan fingerprint density at radius 3 is 2.22 bits per heavy atom. The zero-order valence-electron chi connectivity index (χ0n) is 5.11. The highest BCUT2D eigenvalue weighted by Gasteiger charge is 2.11. The van der Waals surface area contributed by atoms with E-state index >= 15 is 0 Å². The number of hydrogen-bond donors (Lipinski definition) is 3. The van der Waals surface area contributed by atoms with E-state index in [0.29, 0.717) is 0 Å². The topological polar surface area (TPSA) is 37.3 Å². The molecule has 0 aromatic rings. The Kier molecular flexibility index (Phi) is 4.14. The molecule has 0 saturated heterocycles. The second-order valence-electron chi connectivity index (χ2n) is 1.99. The molecule has 2 nitrogen and oxygen atoms in total. The molecule has 0 spiro atoms. The first-order valence-corrected chi connectivity index (χ1v) is 3.65. The van der Waals surface area contributed by atoms with E-state index < -0.39 is 5.97 Å². The lowest BCUT2D eigenvalue weighted by Gasteiger charge is -2.09. The van der Waals surface area contributed by atoms with Gasteiger partial charge in [0.15, 0.2) is 0 Å². The van der Waals surface area contributed by atoms with E-state index in [4.69, 9.17) is 5.11 Å². The van der Waals surface area contributed by atoms with Gasteiger partial charge in [0.1, 0.15) is 0 Å². The minimum Gasteiger partial charge on any atom is -0.481 e. The molecular weight excluding hydrogens is 156 g/mol. The first-order valence-electron chi connectivity index (χ1n) is 2.62. The fraction of sp³-hybridized carbons (Fsp3) is 0.800. The van der Waals surface area contributed by atoms with Crippen LogP contribution < -0.4 is 0 Å². The van der Waals surface area contributed by atoms with Crippen molar-refractivity contribution in [3.8, 4) is 0 Å². The Hall–Kier alpha value is 0.170. The van der Waals surface area contributed by atoms with Gasteiger partial charge in [-0.3, -0.25) is 4.79 Å². The van der Waals surface area contributed by atoms with Crippen LogP contribution in [0, 0.1) is 5.92 Å². The lowest BCUT2D eigenvalue weighted by atomic mass is 10.1. The van der Waals surface area contributed by atoms with Gasteiger partial charge in [0, 0.05) is 11.0 Å². The number of rotatable bonds is 3. The Morgan fingerprint density at radius 2 is 2.11 bits per heavy atom. The van der Waals surface area contributed by atoms with Crippen LogP contribution in [-0.2, 0) is 4.79 Å². The summed E-state index contributed by atoms with van der Waals surface area (Å²) in [7, 11) is 0. The zero-order chi connectivity index (χ0) is 7.44. The van der Waals surface area contributed by atoms with Gasteiger partial charge in [0.05, 0.1) is 0 Å². The van der Waals surface area contributed by atoms with Gasteiger partial charge < -0.3 is 5.11 Å². The predicted molar refractivity (Wildman–Crippen MR) is 43.2 cm³/mol. The summed E-state index contributed by atoms with van der Waals surface area (Å²) >= 11 is 7.94. The number of carbonyl (C=O) groups is 1. The third kappa shape index (κ3) is 4.66. The summed E-state index contributed by atoms with van der Waals surface area (Å²) in [6, 6.07) is 0. The Bertz CT molecular complexity index is 103. The molecule has 0 rings (SSSR count). The summed E-state index contributed by atoms with van der Waals surface area (Å²) in [4.78, 5) is 10.0. The zero-order valence-corrected chi connectivity index (χ0v) is 6.90. The van der Waals surface area contributed by atoms with Crippen LogP contribution in [0.4, 0.5) is 0 Å². The molecule has 0 aromatic heterocycles. The standard InChI is InChI=1S/C5H10O2S2/c1-3(5(8)9)2-4(6)7/h3,5,8-9H,2H2,1H3,(H,6,7). The van der Waals surface area contributed by atoms with E-state index in [1.807, 2.05) is 0 Å². The van der Waals surface area contributed by atoms with Crippen molar-refractivity contribution in [2.24, 2.45) is 5.92 Å². The monoisotopic (exact) mass is 166 g/mol. The number of hydrogen-bond acceptors (Lipinski definition) is 3. The molecule has 0 aliphatic carbocycles. The molecule has 0 aliphatic rings. The smallest absolute Gasteiger partial charge is 0.303 e. The van der Waals surface area contributed by atoms with Gasteiger partial charge in [-0.1, -0.05) is 6.92 Å². The van der Waals surface area contributed by atoms with Gasteiger partial charge in [-0.25, -0.2) is 0 Å². The average molecular weight is 166 g/mol. The maximum atomic E-state index is 10.0. The predicted octanol–water partition coefficient (Wildman–Crippen LogP) is 1.28. The summed E-state index contributed by atoms with van der Waals surface area (Å²) < 4.78 is -0.138. The Labute approximate surface area is 65.5 Å². The Morgan fingerprint density at radius 1 is 1.67 bits per heavy atom. The van der Waals surface area contributed by atoms with E-state index in [0.717, 1.165) is 0 Å². The van der Waals surface area contributed by atoms with Crippen molar-refractivity contribution in [1.29, 1.82) is 0 Å². The molecule has 0 aromatic carbocycles. The molecule has 1 N–H and O–H groups in total. The van der Waals surface area contributed by atoms with Gasteiger partial charge in [-0.05, 0) is 5.92 Å². The van der Waals surface area contributed by atoms with Crippen LogP contribution in [0.15, 0.2) is 0 Å². The third-order valence-electron chi connectivity index (χ3n) is 1.01. The van der Waals surface area contributed by atoms with Crippen molar-refractivity contribution in [2.45, 2.75) is 17.9 Å². The fourth-order valence-corrected chi connectivity index (χ4v) is 0.592. The van der Waals surface area contributed by atoms with Gasteiger partial charge >= 0.3 is 5.97 Å². The van der Waals surface area contributed by atoms with Crippen LogP contribution in [-0.4, -0.2) is 15.7 Å². The van der Waals surface area contributed by atoms with Crippen LogP contribution in [0.25, 0.3) is 0 Å². The van der Waals surface area contributed by atoms with Crippen LogP contribution >= 0.6 is 25.3 Å². The fourth-order valence-electron chi connectivity index (χ4n) is 0.381. The highest BCUT2D eigenvalue weighted by atomic mass is 32.2. The molecular formula is C5H10O2S2. The number of carboxylic acids is 1. The molecule has 0 radical (unpaired) electrons. The molecule has 54 valence electrons. The number of thiol groups is 2. The van der Waals surface area contributed by atoms with Crippen molar-refractivity contribution in [1.82, 2.24) is 0 Å². The van der Waals surface area contributed by atoms with Gasteiger partial charge in [-0.15, -0.1) is 0 Å². The average Bonchev–Trinajstić information content (AvgIpc) is 1.63. The number of carboxylic acid groups (broad SMARTS) is 1. The van der Waals surface area contributed by atoms with Crippen LogP contribution in [0.1, 0.15) is 13.3 Å². The van der Waals surface area contributed by atoms with E-state index in [1.165, 1.54) is 0 Å². The first-order chi connectivity index (χ1) is 4.04.